The van der Waals surface area contributed by atoms with Crippen molar-refractivity contribution in [3.05, 3.63) is 71.9 Å². The van der Waals surface area contributed by atoms with Crippen molar-refractivity contribution in [2.24, 2.45) is 0 Å². The molecule has 0 atom stereocenters. The monoisotopic (exact) mass is 459 g/mol. The second kappa shape index (κ2) is 8.55. The number of carbonyl (C=O) groups is 1. The largest absolute Gasteiger partial charge is 0.497 e. The van der Waals surface area contributed by atoms with Gasteiger partial charge >= 0.3 is 5.97 Å². The van der Waals surface area contributed by atoms with E-state index >= 15 is 0 Å². The third kappa shape index (κ3) is 3.68. The van der Waals surface area contributed by atoms with Crippen LogP contribution in [-0.2, 0) is 11.3 Å². The number of ether oxygens (including phenoxy) is 3. The zero-order valence-corrected chi connectivity index (χ0v) is 19.2. The number of rotatable bonds is 6. The van der Waals surface area contributed by atoms with Gasteiger partial charge in [0.25, 0.3) is 0 Å². The van der Waals surface area contributed by atoms with Gasteiger partial charge in [0.15, 0.2) is 0 Å². The van der Waals surface area contributed by atoms with Crippen molar-refractivity contribution in [3.8, 4) is 22.6 Å². The summed E-state index contributed by atoms with van der Waals surface area (Å²) in [5.74, 6) is 1.04. The van der Waals surface area contributed by atoms with Gasteiger partial charge in [-0.1, -0.05) is 18.2 Å². The van der Waals surface area contributed by atoms with Gasteiger partial charge in [-0.25, -0.2) is 4.79 Å². The van der Waals surface area contributed by atoms with E-state index in [4.69, 9.17) is 14.2 Å². The minimum atomic E-state index is -0.410. The first-order valence-electron chi connectivity index (χ1n) is 10.3. The highest BCUT2D eigenvalue weighted by Crippen LogP contribution is 2.38. The molecule has 33 heavy (non-hydrogen) atoms. The lowest BCUT2D eigenvalue weighted by molar-refractivity contribution is 0.0590. The van der Waals surface area contributed by atoms with Gasteiger partial charge in [0, 0.05) is 23.0 Å². The average molecular weight is 460 g/mol. The molecule has 2 aromatic heterocycles. The van der Waals surface area contributed by atoms with Gasteiger partial charge in [0.05, 0.1) is 33.1 Å². The molecule has 5 rings (SSSR count). The highest BCUT2D eigenvalue weighted by atomic mass is 32.1. The van der Waals surface area contributed by atoms with Gasteiger partial charge in [0.1, 0.15) is 28.2 Å². The third-order valence-electron chi connectivity index (χ3n) is 5.69. The summed E-state index contributed by atoms with van der Waals surface area (Å²) in [6, 6.07) is 19.4. The molecule has 0 saturated heterocycles. The summed E-state index contributed by atoms with van der Waals surface area (Å²) in [6.07, 6.45) is 0. The molecule has 0 unspecified atom stereocenters. The van der Waals surface area contributed by atoms with E-state index in [2.05, 4.69) is 8.75 Å². The Labute approximate surface area is 194 Å². The van der Waals surface area contributed by atoms with Gasteiger partial charge in [-0.2, -0.15) is 8.75 Å². The van der Waals surface area contributed by atoms with E-state index < -0.39 is 5.97 Å². The summed E-state index contributed by atoms with van der Waals surface area (Å²) < 4.78 is 26.6. The van der Waals surface area contributed by atoms with Crippen molar-refractivity contribution in [1.82, 2.24) is 13.3 Å². The zero-order valence-electron chi connectivity index (χ0n) is 18.4. The molecule has 166 valence electrons. The van der Waals surface area contributed by atoms with E-state index in [-0.39, 0.29) is 0 Å². The number of fused-ring (bicyclic) bond motifs is 2. The lowest BCUT2D eigenvalue weighted by atomic mass is 10.0. The Morgan fingerprint density at radius 3 is 2.33 bits per heavy atom. The fourth-order valence-corrected chi connectivity index (χ4v) is 4.61. The summed E-state index contributed by atoms with van der Waals surface area (Å²) in [5, 5.41) is 0.899. The molecule has 5 aromatic rings. The molecule has 0 amide bonds. The normalized spacial score (nSPS) is 11.1. The molecule has 3 aromatic carbocycles. The number of aromatic nitrogens is 3. The van der Waals surface area contributed by atoms with Crippen molar-refractivity contribution < 1.29 is 19.0 Å². The maximum atomic E-state index is 13.1. The van der Waals surface area contributed by atoms with E-state index in [0.717, 1.165) is 44.4 Å². The van der Waals surface area contributed by atoms with E-state index in [0.29, 0.717) is 18.0 Å². The van der Waals surface area contributed by atoms with Crippen LogP contribution in [-0.4, -0.2) is 40.6 Å². The molecular formula is C25H21N3O4S. The van der Waals surface area contributed by atoms with Crippen LogP contribution in [0.5, 0.6) is 11.5 Å². The van der Waals surface area contributed by atoms with E-state index in [1.807, 2.05) is 65.2 Å². The Morgan fingerprint density at radius 1 is 0.879 bits per heavy atom. The standard InChI is InChI=1S/C25H21N3O4S/c1-30-17-7-5-16(6-8-17)23-19-13-18(31-2)9-11-22(19)28(24(23)25(29)32-3)14-15-4-10-20-21(12-15)27-33-26-20/h4-13H,14H2,1-3H3. The lowest BCUT2D eigenvalue weighted by Crippen LogP contribution is -2.12. The number of hydrogen-bond acceptors (Lipinski definition) is 7. The van der Waals surface area contributed by atoms with Crippen LogP contribution < -0.4 is 9.47 Å². The van der Waals surface area contributed by atoms with Crippen LogP contribution in [0, 0.1) is 0 Å². The molecule has 7 nitrogen and oxygen atoms in total. The first kappa shape index (κ1) is 21.0. The molecule has 0 N–H and O–H groups in total. The minimum Gasteiger partial charge on any atom is -0.497 e. The second-order valence-electron chi connectivity index (χ2n) is 7.50. The van der Waals surface area contributed by atoms with E-state index in [1.165, 1.54) is 18.8 Å². The predicted octanol–water partition coefficient (Wildman–Crippen LogP) is 5.17. The predicted molar refractivity (Wildman–Crippen MR) is 128 cm³/mol. The Morgan fingerprint density at radius 2 is 1.61 bits per heavy atom. The Kier molecular flexibility index (Phi) is 5.43. The van der Waals surface area contributed by atoms with Crippen LogP contribution in [0.15, 0.2) is 60.7 Å². The fourth-order valence-electron chi connectivity index (χ4n) is 4.09. The van der Waals surface area contributed by atoms with Gasteiger partial charge in [-0.15, -0.1) is 0 Å². The van der Waals surface area contributed by atoms with Gasteiger partial charge in [0.2, 0.25) is 0 Å². The summed E-state index contributed by atoms with van der Waals surface area (Å²) in [6.45, 7) is 0.469. The Bertz CT molecular complexity index is 1470. The molecular weight excluding hydrogens is 438 g/mol. The topological polar surface area (TPSA) is 75.5 Å². The molecule has 2 heterocycles. The third-order valence-corrected chi connectivity index (χ3v) is 6.24. The first-order chi connectivity index (χ1) is 16.1. The number of hydrogen-bond donors (Lipinski definition) is 0. The van der Waals surface area contributed by atoms with E-state index in [1.54, 1.807) is 14.2 Å². The van der Waals surface area contributed by atoms with Crippen molar-refractivity contribution in [2.75, 3.05) is 21.3 Å². The van der Waals surface area contributed by atoms with Crippen LogP contribution in [0.25, 0.3) is 33.1 Å². The summed E-state index contributed by atoms with van der Waals surface area (Å²) in [4.78, 5) is 13.1. The van der Waals surface area contributed by atoms with Crippen LogP contribution in [0.2, 0.25) is 0 Å². The molecule has 0 saturated carbocycles. The van der Waals surface area contributed by atoms with Crippen molar-refractivity contribution >= 4 is 39.6 Å². The molecule has 0 aliphatic rings. The maximum Gasteiger partial charge on any atom is 0.355 e. The van der Waals surface area contributed by atoms with Crippen LogP contribution in [0.4, 0.5) is 0 Å². The number of esters is 1. The van der Waals surface area contributed by atoms with Gasteiger partial charge in [-0.05, 0) is 53.6 Å². The van der Waals surface area contributed by atoms with Crippen LogP contribution in [0.3, 0.4) is 0 Å². The Hall–Kier alpha value is -3.91. The number of carbonyl (C=O) groups excluding carboxylic acids is 1. The second-order valence-corrected chi connectivity index (χ2v) is 8.03. The molecule has 8 heteroatoms. The molecule has 0 aliphatic carbocycles. The zero-order chi connectivity index (χ0) is 22.9. The molecule has 0 bridgehead atoms. The molecule has 0 aliphatic heterocycles. The average Bonchev–Trinajstić information content (AvgIpc) is 3.45. The highest BCUT2D eigenvalue weighted by Gasteiger charge is 2.25. The Balaban J connectivity index is 1.77. The van der Waals surface area contributed by atoms with E-state index in [9.17, 15) is 4.79 Å². The fraction of sp³-hybridized carbons (Fsp3) is 0.160. The quantitative estimate of drug-likeness (QED) is 0.326. The van der Waals surface area contributed by atoms with Crippen LogP contribution in [0.1, 0.15) is 16.1 Å². The summed E-state index contributed by atoms with van der Waals surface area (Å²) in [5.41, 5.74) is 5.75. The van der Waals surface area contributed by atoms with Crippen molar-refractivity contribution in [3.63, 3.8) is 0 Å². The van der Waals surface area contributed by atoms with Crippen molar-refractivity contribution in [1.29, 1.82) is 0 Å². The smallest absolute Gasteiger partial charge is 0.355 e. The SMILES string of the molecule is COC(=O)c1c(-c2ccc(OC)cc2)c2cc(OC)ccc2n1Cc1ccc2nsnc2c1. The highest BCUT2D eigenvalue weighted by molar-refractivity contribution is 7.00. The summed E-state index contributed by atoms with van der Waals surface area (Å²) >= 11 is 1.19. The first-order valence-corrected chi connectivity index (χ1v) is 11.0. The minimum absolute atomic E-state index is 0.410. The summed E-state index contributed by atoms with van der Waals surface area (Å²) in [7, 11) is 4.65. The molecule has 0 spiro atoms. The lowest BCUT2D eigenvalue weighted by Gasteiger charge is -2.11. The van der Waals surface area contributed by atoms with Gasteiger partial charge < -0.3 is 18.8 Å². The van der Waals surface area contributed by atoms with Crippen LogP contribution >= 0.6 is 11.7 Å². The maximum absolute atomic E-state index is 13.1. The van der Waals surface area contributed by atoms with Crippen molar-refractivity contribution in [2.45, 2.75) is 6.54 Å². The number of methoxy groups -OCH3 is 3. The number of nitrogens with zero attached hydrogens (tertiary/aromatic N) is 3. The molecule has 0 radical (unpaired) electrons. The van der Waals surface area contributed by atoms with Gasteiger partial charge in [-0.3, -0.25) is 0 Å². The molecule has 0 fully saturated rings. The number of benzene rings is 3.